The van der Waals surface area contributed by atoms with Crippen LogP contribution in [0.2, 0.25) is 0 Å². The first-order valence-corrected chi connectivity index (χ1v) is 7.87. The average molecular weight is 280 g/mol. The van der Waals surface area contributed by atoms with Crippen molar-refractivity contribution in [3.05, 3.63) is 18.2 Å². The van der Waals surface area contributed by atoms with E-state index in [9.17, 15) is 4.79 Å². The van der Waals surface area contributed by atoms with Crippen LogP contribution in [-0.2, 0) is 4.79 Å². The van der Waals surface area contributed by atoms with Crippen molar-refractivity contribution in [2.24, 2.45) is 5.92 Å². The molecule has 0 aliphatic carbocycles. The van der Waals surface area contributed by atoms with E-state index in [2.05, 4.69) is 26.1 Å². The van der Waals surface area contributed by atoms with Gasteiger partial charge in [0.1, 0.15) is 0 Å². The van der Waals surface area contributed by atoms with Crippen molar-refractivity contribution >= 4 is 29.0 Å². The van der Waals surface area contributed by atoms with Gasteiger partial charge in [0.05, 0.1) is 11.4 Å². The van der Waals surface area contributed by atoms with Gasteiger partial charge in [-0.05, 0) is 36.3 Å². The van der Waals surface area contributed by atoms with Gasteiger partial charge in [0, 0.05) is 11.3 Å². The van der Waals surface area contributed by atoms with Gasteiger partial charge in [-0.1, -0.05) is 27.2 Å². The molecule has 106 valence electrons. The van der Waals surface area contributed by atoms with Crippen LogP contribution in [0.15, 0.2) is 23.1 Å². The van der Waals surface area contributed by atoms with Gasteiger partial charge in [-0.3, -0.25) is 4.79 Å². The van der Waals surface area contributed by atoms with Crippen LogP contribution in [0.1, 0.15) is 40.0 Å². The van der Waals surface area contributed by atoms with Crippen LogP contribution in [-0.4, -0.2) is 11.7 Å². The van der Waals surface area contributed by atoms with E-state index in [1.165, 1.54) is 0 Å². The van der Waals surface area contributed by atoms with Gasteiger partial charge in [0.25, 0.3) is 0 Å². The summed E-state index contributed by atoms with van der Waals surface area (Å²) < 4.78 is 0. The van der Waals surface area contributed by atoms with Gasteiger partial charge >= 0.3 is 0 Å². The molecule has 3 N–H and O–H groups in total. The van der Waals surface area contributed by atoms with E-state index < -0.39 is 0 Å². The molecule has 4 heteroatoms. The molecule has 0 spiro atoms. The van der Waals surface area contributed by atoms with Crippen LogP contribution in [0.5, 0.6) is 0 Å². The second kappa shape index (κ2) is 8.10. The van der Waals surface area contributed by atoms with E-state index in [4.69, 9.17) is 5.73 Å². The number of hydrogen-bond donors (Lipinski definition) is 2. The van der Waals surface area contributed by atoms with Gasteiger partial charge in [0.2, 0.25) is 5.91 Å². The monoisotopic (exact) mass is 280 g/mol. The first-order valence-electron chi connectivity index (χ1n) is 6.89. The summed E-state index contributed by atoms with van der Waals surface area (Å²) in [6.07, 6.45) is 2.68. The van der Waals surface area contributed by atoms with Gasteiger partial charge in [-0.2, -0.15) is 0 Å². The van der Waals surface area contributed by atoms with Crippen molar-refractivity contribution in [2.75, 3.05) is 16.8 Å². The maximum absolute atomic E-state index is 11.9. The minimum atomic E-state index is 0.0405. The second-order valence-electron chi connectivity index (χ2n) is 4.86. The third-order valence-electron chi connectivity index (χ3n) is 3.00. The fourth-order valence-electron chi connectivity index (χ4n) is 1.62. The number of anilines is 2. The zero-order valence-corrected chi connectivity index (χ0v) is 12.8. The largest absolute Gasteiger partial charge is 0.397 e. The second-order valence-corrected chi connectivity index (χ2v) is 6.03. The number of rotatable bonds is 7. The quantitative estimate of drug-likeness (QED) is 0.583. The van der Waals surface area contributed by atoms with Crippen LogP contribution in [0, 0.1) is 5.92 Å². The van der Waals surface area contributed by atoms with Gasteiger partial charge in [0.15, 0.2) is 0 Å². The lowest BCUT2D eigenvalue weighted by atomic mass is 10.0. The summed E-state index contributed by atoms with van der Waals surface area (Å²) in [6.45, 7) is 6.32. The van der Waals surface area contributed by atoms with Crippen molar-refractivity contribution < 1.29 is 4.79 Å². The van der Waals surface area contributed by atoms with Crippen molar-refractivity contribution in [2.45, 2.75) is 44.9 Å². The number of nitrogen functional groups attached to an aromatic ring is 1. The highest BCUT2D eigenvalue weighted by molar-refractivity contribution is 7.99. The van der Waals surface area contributed by atoms with Crippen molar-refractivity contribution in [3.63, 3.8) is 0 Å². The summed E-state index contributed by atoms with van der Waals surface area (Å²) in [5.41, 5.74) is 7.26. The van der Waals surface area contributed by atoms with Crippen LogP contribution in [0.25, 0.3) is 0 Å². The number of carbonyl (C=O) groups is 1. The Labute approximate surface area is 120 Å². The normalized spacial score (nSPS) is 12.2. The molecule has 0 aliphatic heterocycles. The van der Waals surface area contributed by atoms with Gasteiger partial charge in [-0.15, -0.1) is 11.8 Å². The summed E-state index contributed by atoms with van der Waals surface area (Å²) >= 11 is 1.78. The third kappa shape index (κ3) is 5.55. The molecule has 1 atom stereocenters. The molecule has 1 amide bonds. The molecule has 1 aromatic carbocycles. The highest BCUT2D eigenvalue weighted by Crippen LogP contribution is 2.27. The number of benzene rings is 1. The minimum absolute atomic E-state index is 0.0405. The summed E-state index contributed by atoms with van der Waals surface area (Å²) in [6, 6.07) is 5.82. The molecule has 3 nitrogen and oxygen atoms in total. The SMILES string of the molecule is CCCSc1ccc(N)c(NC(=O)CC(C)CC)c1. The van der Waals surface area contributed by atoms with E-state index in [1.54, 1.807) is 11.8 Å². The van der Waals surface area contributed by atoms with E-state index in [0.29, 0.717) is 18.0 Å². The lowest BCUT2D eigenvalue weighted by Gasteiger charge is -2.12. The number of hydrogen-bond acceptors (Lipinski definition) is 3. The Bertz CT molecular complexity index is 421. The summed E-state index contributed by atoms with van der Waals surface area (Å²) in [4.78, 5) is 13.0. The Morgan fingerprint density at radius 1 is 1.42 bits per heavy atom. The number of amides is 1. The highest BCUT2D eigenvalue weighted by Gasteiger charge is 2.09. The minimum Gasteiger partial charge on any atom is -0.397 e. The van der Waals surface area contributed by atoms with Gasteiger partial charge in [-0.25, -0.2) is 0 Å². The number of nitrogens with two attached hydrogens (primary N) is 1. The fraction of sp³-hybridized carbons (Fsp3) is 0.533. The first-order chi connectivity index (χ1) is 9.06. The van der Waals surface area contributed by atoms with Crippen molar-refractivity contribution in [3.8, 4) is 0 Å². The molecule has 0 saturated heterocycles. The standard InChI is InChI=1S/C15H24N2OS/c1-4-8-19-12-6-7-13(16)14(10-12)17-15(18)9-11(3)5-2/h6-7,10-11H,4-5,8-9,16H2,1-3H3,(H,17,18). The molecule has 0 heterocycles. The fourth-order valence-corrected chi connectivity index (χ4v) is 2.42. The van der Waals surface area contributed by atoms with Crippen LogP contribution in [0.4, 0.5) is 11.4 Å². The Hall–Kier alpha value is -1.16. The van der Waals surface area contributed by atoms with E-state index in [0.717, 1.165) is 29.2 Å². The number of nitrogens with one attached hydrogen (secondary N) is 1. The highest BCUT2D eigenvalue weighted by atomic mass is 32.2. The zero-order valence-electron chi connectivity index (χ0n) is 12.0. The Morgan fingerprint density at radius 3 is 2.79 bits per heavy atom. The van der Waals surface area contributed by atoms with Crippen LogP contribution >= 0.6 is 11.8 Å². The third-order valence-corrected chi connectivity index (χ3v) is 4.20. The van der Waals surface area contributed by atoms with E-state index in [1.807, 2.05) is 18.2 Å². The molecule has 0 bridgehead atoms. The topological polar surface area (TPSA) is 55.1 Å². The number of thioether (sulfide) groups is 1. The van der Waals surface area contributed by atoms with Crippen molar-refractivity contribution in [1.29, 1.82) is 0 Å². The Kier molecular flexibility index (Phi) is 6.78. The molecule has 1 unspecified atom stereocenters. The molecular formula is C15H24N2OS. The lowest BCUT2D eigenvalue weighted by Crippen LogP contribution is -2.15. The molecule has 1 rings (SSSR count). The van der Waals surface area contributed by atoms with Gasteiger partial charge < -0.3 is 11.1 Å². The maximum Gasteiger partial charge on any atom is 0.224 e. The smallest absolute Gasteiger partial charge is 0.224 e. The molecule has 19 heavy (non-hydrogen) atoms. The molecule has 0 aliphatic rings. The van der Waals surface area contributed by atoms with Crippen molar-refractivity contribution in [1.82, 2.24) is 0 Å². The molecular weight excluding hydrogens is 256 g/mol. The Morgan fingerprint density at radius 2 is 2.16 bits per heavy atom. The molecule has 0 fully saturated rings. The molecule has 1 aromatic rings. The molecule has 0 radical (unpaired) electrons. The Balaban J connectivity index is 2.68. The van der Waals surface area contributed by atoms with Crippen LogP contribution < -0.4 is 11.1 Å². The summed E-state index contributed by atoms with van der Waals surface area (Å²) in [5.74, 6) is 1.52. The predicted molar refractivity (Wildman–Crippen MR) is 84.6 cm³/mol. The summed E-state index contributed by atoms with van der Waals surface area (Å²) in [5, 5.41) is 2.91. The predicted octanol–water partition coefficient (Wildman–Crippen LogP) is 4.15. The molecule has 0 aromatic heterocycles. The van der Waals surface area contributed by atoms with Crippen LogP contribution in [0.3, 0.4) is 0 Å². The molecule has 0 saturated carbocycles. The average Bonchev–Trinajstić information content (AvgIpc) is 2.39. The summed E-state index contributed by atoms with van der Waals surface area (Å²) in [7, 11) is 0. The number of carbonyl (C=O) groups excluding carboxylic acids is 1. The lowest BCUT2D eigenvalue weighted by molar-refractivity contribution is -0.117. The first kappa shape index (κ1) is 15.9. The van der Waals surface area contributed by atoms with E-state index >= 15 is 0 Å². The van der Waals surface area contributed by atoms with E-state index in [-0.39, 0.29) is 5.91 Å². The zero-order chi connectivity index (χ0) is 14.3. The maximum atomic E-state index is 11.9.